The summed E-state index contributed by atoms with van der Waals surface area (Å²) in [6, 6.07) is 0. The first-order valence-corrected chi connectivity index (χ1v) is 5.77. The summed E-state index contributed by atoms with van der Waals surface area (Å²) in [7, 11) is 0. The minimum atomic E-state index is -0.328. The van der Waals surface area contributed by atoms with E-state index in [2.05, 4.69) is 10.6 Å². The van der Waals surface area contributed by atoms with Crippen LogP contribution in [0, 0.1) is 11.8 Å². The third-order valence-electron chi connectivity index (χ3n) is 2.78. The highest BCUT2D eigenvalue weighted by Gasteiger charge is 2.32. The Balaban J connectivity index is 1.96. The molecule has 15 heavy (non-hydrogen) atoms. The predicted octanol–water partition coefficient (Wildman–Crippen LogP) is 0.119. The number of hydrogen-bond donors (Lipinski definition) is 3. The Kier molecular flexibility index (Phi) is 5.05. The number of amides is 1. The summed E-state index contributed by atoms with van der Waals surface area (Å²) in [6.07, 6.45) is 2.08. The van der Waals surface area contributed by atoms with Gasteiger partial charge in [0.2, 0.25) is 5.91 Å². The molecule has 1 fully saturated rings. The molecule has 0 aromatic heterocycles. The maximum atomic E-state index is 11.5. The van der Waals surface area contributed by atoms with Crippen LogP contribution in [0.3, 0.4) is 0 Å². The highest BCUT2D eigenvalue weighted by Crippen LogP contribution is 2.36. The van der Waals surface area contributed by atoms with Gasteiger partial charge in [-0.1, -0.05) is 6.92 Å². The molecular weight excluding hydrogens is 192 g/mol. The Morgan fingerprint density at radius 1 is 1.40 bits per heavy atom. The largest absolute Gasteiger partial charge is 0.392 e. The van der Waals surface area contributed by atoms with E-state index in [1.807, 2.05) is 6.92 Å². The fourth-order valence-electron chi connectivity index (χ4n) is 1.56. The lowest BCUT2D eigenvalue weighted by Crippen LogP contribution is -2.37. The second-order valence-corrected chi connectivity index (χ2v) is 4.47. The maximum Gasteiger partial charge on any atom is 0.223 e. The molecule has 4 nitrogen and oxygen atoms in total. The van der Waals surface area contributed by atoms with Gasteiger partial charge in [-0.05, 0) is 25.7 Å². The predicted molar refractivity (Wildman–Crippen MR) is 59.4 cm³/mol. The molecule has 0 aliphatic heterocycles. The smallest absolute Gasteiger partial charge is 0.223 e. The molecule has 1 rings (SSSR count). The minimum absolute atomic E-state index is 0.163. The van der Waals surface area contributed by atoms with Crippen LogP contribution in [-0.4, -0.2) is 36.8 Å². The highest BCUT2D eigenvalue weighted by atomic mass is 16.3. The number of carbonyl (C=O) groups is 1. The van der Waals surface area contributed by atoms with Crippen LogP contribution in [0.5, 0.6) is 0 Å². The second-order valence-electron chi connectivity index (χ2n) is 4.47. The zero-order valence-electron chi connectivity index (χ0n) is 9.62. The number of hydrogen-bond acceptors (Lipinski definition) is 3. The first-order valence-electron chi connectivity index (χ1n) is 5.77. The van der Waals surface area contributed by atoms with Crippen LogP contribution in [0.1, 0.15) is 26.7 Å². The minimum Gasteiger partial charge on any atom is -0.392 e. The fourth-order valence-corrected chi connectivity index (χ4v) is 1.56. The summed E-state index contributed by atoms with van der Waals surface area (Å²) in [4.78, 5) is 11.5. The van der Waals surface area contributed by atoms with Gasteiger partial charge in [-0.25, -0.2) is 0 Å². The van der Waals surface area contributed by atoms with E-state index in [9.17, 15) is 4.79 Å². The zero-order valence-corrected chi connectivity index (χ0v) is 9.62. The molecule has 1 saturated carbocycles. The summed E-state index contributed by atoms with van der Waals surface area (Å²) in [5.41, 5.74) is 0. The van der Waals surface area contributed by atoms with Crippen LogP contribution in [-0.2, 0) is 4.79 Å². The fraction of sp³-hybridized carbons (Fsp3) is 0.909. The number of nitrogens with one attached hydrogen (secondary N) is 2. The number of carbonyl (C=O) groups excluding carboxylic acids is 1. The standard InChI is InChI=1S/C11H22N2O2/c1-8(14)7-12-5-6-13-11(15)9(2)10-3-4-10/h8-10,12,14H,3-7H2,1-2H3,(H,13,15). The molecule has 2 unspecified atom stereocenters. The van der Waals surface area contributed by atoms with E-state index in [0.29, 0.717) is 25.6 Å². The molecule has 0 radical (unpaired) electrons. The molecule has 88 valence electrons. The summed E-state index contributed by atoms with van der Waals surface area (Å²) in [5.74, 6) is 0.952. The van der Waals surface area contributed by atoms with Gasteiger partial charge in [0.25, 0.3) is 0 Å². The Morgan fingerprint density at radius 3 is 2.60 bits per heavy atom. The lowest BCUT2D eigenvalue weighted by Gasteiger charge is -2.11. The molecule has 1 amide bonds. The van der Waals surface area contributed by atoms with Gasteiger partial charge < -0.3 is 15.7 Å². The maximum absolute atomic E-state index is 11.5. The topological polar surface area (TPSA) is 61.4 Å². The molecular formula is C11H22N2O2. The van der Waals surface area contributed by atoms with Crippen LogP contribution >= 0.6 is 0 Å². The van der Waals surface area contributed by atoms with Crippen molar-refractivity contribution in [3.8, 4) is 0 Å². The third-order valence-corrected chi connectivity index (χ3v) is 2.78. The molecule has 4 heteroatoms. The van der Waals surface area contributed by atoms with E-state index >= 15 is 0 Å². The molecule has 0 heterocycles. The molecule has 3 N–H and O–H groups in total. The first kappa shape index (κ1) is 12.5. The molecule has 0 bridgehead atoms. The van der Waals surface area contributed by atoms with Crippen LogP contribution in [0.15, 0.2) is 0 Å². The van der Waals surface area contributed by atoms with Crippen LogP contribution in [0.2, 0.25) is 0 Å². The van der Waals surface area contributed by atoms with Gasteiger partial charge in [0.1, 0.15) is 0 Å². The lowest BCUT2D eigenvalue weighted by atomic mass is 10.1. The molecule has 0 saturated heterocycles. The van der Waals surface area contributed by atoms with Crippen molar-refractivity contribution >= 4 is 5.91 Å². The van der Waals surface area contributed by atoms with Gasteiger partial charge >= 0.3 is 0 Å². The van der Waals surface area contributed by atoms with Crippen LogP contribution in [0.4, 0.5) is 0 Å². The second kappa shape index (κ2) is 6.08. The first-order chi connectivity index (χ1) is 7.11. The number of aliphatic hydroxyl groups excluding tert-OH is 1. The van der Waals surface area contributed by atoms with Crippen molar-refractivity contribution in [2.45, 2.75) is 32.8 Å². The van der Waals surface area contributed by atoms with Crippen molar-refractivity contribution < 1.29 is 9.90 Å². The van der Waals surface area contributed by atoms with Crippen molar-refractivity contribution in [3.63, 3.8) is 0 Å². The quantitative estimate of drug-likeness (QED) is 0.527. The Hall–Kier alpha value is -0.610. The highest BCUT2D eigenvalue weighted by molar-refractivity contribution is 5.78. The van der Waals surface area contributed by atoms with Crippen molar-refractivity contribution in [1.29, 1.82) is 0 Å². The Bertz CT molecular complexity index is 203. The van der Waals surface area contributed by atoms with Gasteiger partial charge in [0, 0.05) is 25.6 Å². The number of rotatable bonds is 7. The van der Waals surface area contributed by atoms with Crippen molar-refractivity contribution in [1.82, 2.24) is 10.6 Å². The molecule has 0 spiro atoms. The SMILES string of the molecule is CC(O)CNCCNC(=O)C(C)C1CC1. The van der Waals surface area contributed by atoms with E-state index in [1.54, 1.807) is 6.92 Å². The molecule has 2 atom stereocenters. The van der Waals surface area contributed by atoms with E-state index in [4.69, 9.17) is 5.11 Å². The monoisotopic (exact) mass is 214 g/mol. The van der Waals surface area contributed by atoms with Crippen LogP contribution < -0.4 is 10.6 Å². The Labute approximate surface area is 91.4 Å². The van der Waals surface area contributed by atoms with Gasteiger partial charge in [-0.2, -0.15) is 0 Å². The van der Waals surface area contributed by atoms with Gasteiger partial charge in [0.15, 0.2) is 0 Å². The summed E-state index contributed by atoms with van der Waals surface area (Å²) in [5, 5.41) is 14.9. The Morgan fingerprint density at radius 2 is 2.07 bits per heavy atom. The van der Waals surface area contributed by atoms with E-state index in [0.717, 1.165) is 0 Å². The van der Waals surface area contributed by atoms with Gasteiger partial charge in [-0.15, -0.1) is 0 Å². The molecule has 1 aliphatic carbocycles. The van der Waals surface area contributed by atoms with Gasteiger partial charge in [-0.3, -0.25) is 4.79 Å². The van der Waals surface area contributed by atoms with Crippen molar-refractivity contribution in [3.05, 3.63) is 0 Å². The zero-order chi connectivity index (χ0) is 11.3. The van der Waals surface area contributed by atoms with Crippen LogP contribution in [0.25, 0.3) is 0 Å². The summed E-state index contributed by atoms with van der Waals surface area (Å²) >= 11 is 0. The van der Waals surface area contributed by atoms with E-state index in [1.165, 1.54) is 12.8 Å². The molecule has 0 aromatic rings. The van der Waals surface area contributed by atoms with E-state index in [-0.39, 0.29) is 17.9 Å². The van der Waals surface area contributed by atoms with Crippen molar-refractivity contribution in [2.24, 2.45) is 11.8 Å². The average Bonchev–Trinajstić information content (AvgIpc) is 2.98. The van der Waals surface area contributed by atoms with Crippen molar-refractivity contribution in [2.75, 3.05) is 19.6 Å². The molecule has 1 aliphatic rings. The molecule has 0 aromatic carbocycles. The summed E-state index contributed by atoms with van der Waals surface area (Å²) < 4.78 is 0. The van der Waals surface area contributed by atoms with E-state index < -0.39 is 0 Å². The third kappa shape index (κ3) is 5.14. The van der Waals surface area contributed by atoms with Gasteiger partial charge in [0.05, 0.1) is 6.10 Å². The average molecular weight is 214 g/mol. The lowest BCUT2D eigenvalue weighted by molar-refractivity contribution is -0.125. The normalized spacial score (nSPS) is 19.7. The number of aliphatic hydroxyl groups is 1. The summed E-state index contributed by atoms with van der Waals surface area (Å²) in [6.45, 7) is 5.67.